The minimum Gasteiger partial charge on any atom is -0.375 e. The summed E-state index contributed by atoms with van der Waals surface area (Å²) in [6, 6.07) is 12.0. The summed E-state index contributed by atoms with van der Waals surface area (Å²) in [6.07, 6.45) is 3.76. The summed E-state index contributed by atoms with van der Waals surface area (Å²) in [7, 11) is 0. The Labute approximate surface area is 147 Å². The molecule has 1 aromatic heterocycles. The van der Waals surface area contributed by atoms with E-state index in [1.165, 1.54) is 5.56 Å². The molecular weight excluding hydrogens is 320 g/mol. The highest BCUT2D eigenvalue weighted by Gasteiger charge is 2.28. The maximum absolute atomic E-state index is 12.7. The predicted molar refractivity (Wildman–Crippen MR) is 96.2 cm³/mol. The van der Waals surface area contributed by atoms with Gasteiger partial charge in [0.15, 0.2) is 0 Å². The Morgan fingerprint density at radius 3 is 2.79 bits per heavy atom. The highest BCUT2D eigenvalue weighted by Crippen LogP contribution is 2.23. The summed E-state index contributed by atoms with van der Waals surface area (Å²) >= 11 is 1.75. The maximum atomic E-state index is 12.7. The van der Waals surface area contributed by atoms with Crippen molar-refractivity contribution in [3.63, 3.8) is 0 Å². The Kier molecular flexibility index (Phi) is 5.53. The molecule has 0 aliphatic carbocycles. The summed E-state index contributed by atoms with van der Waals surface area (Å²) in [4.78, 5) is 19.9. The minimum atomic E-state index is 0.0847. The molecule has 4 nitrogen and oxygen atoms in total. The molecule has 0 saturated carbocycles. The quantitative estimate of drug-likeness (QED) is 0.796. The maximum Gasteiger partial charge on any atom is 0.254 e. The molecule has 2 aromatic rings. The zero-order valence-electron chi connectivity index (χ0n) is 14.0. The highest BCUT2D eigenvalue weighted by atomic mass is 32.2. The largest absolute Gasteiger partial charge is 0.375 e. The van der Waals surface area contributed by atoms with E-state index in [-0.39, 0.29) is 18.1 Å². The van der Waals surface area contributed by atoms with Crippen molar-refractivity contribution in [2.24, 2.45) is 0 Å². The van der Waals surface area contributed by atoms with Crippen molar-refractivity contribution < 1.29 is 9.53 Å². The second-order valence-electron chi connectivity index (χ2n) is 6.12. The molecule has 3 rings (SSSR count). The normalized spacial score (nSPS) is 20.8. The van der Waals surface area contributed by atoms with Crippen LogP contribution in [-0.4, -0.2) is 41.1 Å². The first-order chi connectivity index (χ1) is 11.6. The van der Waals surface area contributed by atoms with Crippen LogP contribution in [0.5, 0.6) is 0 Å². The van der Waals surface area contributed by atoms with Crippen LogP contribution in [-0.2, 0) is 10.5 Å². The lowest BCUT2D eigenvalue weighted by Crippen LogP contribution is -2.50. The van der Waals surface area contributed by atoms with E-state index in [0.29, 0.717) is 13.2 Å². The molecule has 1 saturated heterocycles. The van der Waals surface area contributed by atoms with E-state index < -0.39 is 0 Å². The number of benzene rings is 1. The summed E-state index contributed by atoms with van der Waals surface area (Å²) < 4.78 is 5.60. The van der Waals surface area contributed by atoms with E-state index in [1.54, 1.807) is 18.0 Å². The molecule has 1 aromatic carbocycles. The second-order valence-corrected chi connectivity index (χ2v) is 7.17. The molecule has 0 spiro atoms. The average Bonchev–Trinajstić information content (AvgIpc) is 2.63. The van der Waals surface area contributed by atoms with E-state index in [2.05, 4.69) is 11.1 Å². The summed E-state index contributed by atoms with van der Waals surface area (Å²) in [6.45, 7) is 5.29. The first-order valence-corrected chi connectivity index (χ1v) is 9.16. The van der Waals surface area contributed by atoms with E-state index in [0.717, 1.165) is 16.2 Å². The van der Waals surface area contributed by atoms with Crippen molar-refractivity contribution in [3.8, 4) is 0 Å². The Bertz CT molecular complexity index is 676. The van der Waals surface area contributed by atoms with Gasteiger partial charge in [-0.2, -0.15) is 0 Å². The van der Waals surface area contributed by atoms with Crippen LogP contribution < -0.4 is 0 Å². The number of carbonyl (C=O) groups excluding carboxylic acids is 1. The zero-order chi connectivity index (χ0) is 16.9. The zero-order valence-corrected chi connectivity index (χ0v) is 14.8. The van der Waals surface area contributed by atoms with Crippen molar-refractivity contribution >= 4 is 17.7 Å². The van der Waals surface area contributed by atoms with Gasteiger partial charge in [0.2, 0.25) is 0 Å². The van der Waals surface area contributed by atoms with Crippen LogP contribution in [0.15, 0.2) is 53.7 Å². The Morgan fingerprint density at radius 2 is 2.08 bits per heavy atom. The number of nitrogens with zero attached hydrogens (tertiary/aromatic N) is 2. The summed E-state index contributed by atoms with van der Waals surface area (Å²) in [5.74, 6) is 0.959. The van der Waals surface area contributed by atoms with Crippen molar-refractivity contribution in [2.45, 2.75) is 36.6 Å². The van der Waals surface area contributed by atoms with Crippen molar-refractivity contribution in [1.29, 1.82) is 0 Å². The fourth-order valence-corrected chi connectivity index (χ4v) is 3.53. The molecule has 0 radical (unpaired) electrons. The average molecular weight is 342 g/mol. The number of morpholine rings is 1. The Morgan fingerprint density at radius 1 is 1.29 bits per heavy atom. The number of rotatable bonds is 4. The van der Waals surface area contributed by atoms with Crippen LogP contribution in [0, 0.1) is 0 Å². The molecule has 2 heterocycles. The predicted octanol–water partition coefficient (Wildman–Crippen LogP) is 3.62. The molecule has 126 valence electrons. The van der Waals surface area contributed by atoms with Crippen LogP contribution in [0.3, 0.4) is 0 Å². The number of pyridine rings is 1. The van der Waals surface area contributed by atoms with E-state index in [9.17, 15) is 4.79 Å². The van der Waals surface area contributed by atoms with E-state index >= 15 is 0 Å². The summed E-state index contributed by atoms with van der Waals surface area (Å²) in [5, 5.41) is 0. The molecule has 2 atom stereocenters. The van der Waals surface area contributed by atoms with Gasteiger partial charge in [-0.3, -0.25) is 9.78 Å². The SMILES string of the molecule is C[C@@H]1CN(C(=O)c2ccc(SCc3cccnc3)cc2)[C@H](C)CO1. The van der Waals surface area contributed by atoms with Gasteiger partial charge < -0.3 is 9.64 Å². The van der Waals surface area contributed by atoms with E-state index in [1.807, 2.05) is 55.3 Å². The molecule has 1 fully saturated rings. The number of ether oxygens (including phenoxy) is 1. The van der Waals surface area contributed by atoms with Gasteiger partial charge in [0.1, 0.15) is 0 Å². The molecule has 0 N–H and O–H groups in total. The number of hydrogen-bond donors (Lipinski definition) is 0. The third-order valence-corrected chi connectivity index (χ3v) is 5.18. The molecule has 5 heteroatoms. The lowest BCUT2D eigenvalue weighted by atomic mass is 10.1. The standard InChI is InChI=1S/C19H22N2O2S/c1-14-12-23-15(2)11-21(14)19(22)17-5-7-18(8-6-17)24-13-16-4-3-9-20-10-16/h3-10,14-15H,11-13H2,1-2H3/t14-,15-/m1/s1. The van der Waals surface area contributed by atoms with Crippen LogP contribution in [0.4, 0.5) is 0 Å². The van der Waals surface area contributed by atoms with Crippen molar-refractivity contribution in [2.75, 3.05) is 13.2 Å². The monoisotopic (exact) mass is 342 g/mol. The van der Waals surface area contributed by atoms with Gasteiger partial charge in [-0.05, 0) is 49.7 Å². The van der Waals surface area contributed by atoms with Crippen LogP contribution in [0.1, 0.15) is 29.8 Å². The number of aromatic nitrogens is 1. The third kappa shape index (κ3) is 4.16. The lowest BCUT2D eigenvalue weighted by Gasteiger charge is -2.36. The molecule has 1 aliphatic heterocycles. The first kappa shape index (κ1) is 17.0. The number of hydrogen-bond acceptors (Lipinski definition) is 4. The van der Waals surface area contributed by atoms with Gasteiger partial charge >= 0.3 is 0 Å². The van der Waals surface area contributed by atoms with Gasteiger partial charge in [0.05, 0.1) is 18.8 Å². The molecule has 24 heavy (non-hydrogen) atoms. The Balaban J connectivity index is 1.62. The number of amides is 1. The van der Waals surface area contributed by atoms with Gasteiger partial charge in [0, 0.05) is 35.2 Å². The van der Waals surface area contributed by atoms with Crippen molar-refractivity contribution in [3.05, 3.63) is 59.9 Å². The third-order valence-electron chi connectivity index (χ3n) is 4.10. The Hall–Kier alpha value is -1.85. The molecule has 0 unspecified atom stereocenters. The topological polar surface area (TPSA) is 42.4 Å². The minimum absolute atomic E-state index is 0.0847. The van der Waals surface area contributed by atoms with Crippen LogP contribution in [0.25, 0.3) is 0 Å². The molecular formula is C19H22N2O2S. The first-order valence-electron chi connectivity index (χ1n) is 8.18. The molecule has 1 aliphatic rings. The van der Waals surface area contributed by atoms with E-state index in [4.69, 9.17) is 4.74 Å². The van der Waals surface area contributed by atoms with Crippen LogP contribution >= 0.6 is 11.8 Å². The highest BCUT2D eigenvalue weighted by molar-refractivity contribution is 7.98. The summed E-state index contributed by atoms with van der Waals surface area (Å²) in [5.41, 5.74) is 1.93. The number of carbonyl (C=O) groups is 1. The van der Waals surface area contributed by atoms with Gasteiger partial charge in [-0.25, -0.2) is 0 Å². The van der Waals surface area contributed by atoms with Crippen molar-refractivity contribution in [1.82, 2.24) is 9.88 Å². The van der Waals surface area contributed by atoms with Gasteiger partial charge in [-0.15, -0.1) is 11.8 Å². The lowest BCUT2D eigenvalue weighted by molar-refractivity contribution is -0.0387. The number of thioether (sulfide) groups is 1. The smallest absolute Gasteiger partial charge is 0.254 e. The second kappa shape index (κ2) is 7.81. The van der Waals surface area contributed by atoms with Crippen LogP contribution in [0.2, 0.25) is 0 Å². The van der Waals surface area contributed by atoms with Gasteiger partial charge in [0.25, 0.3) is 5.91 Å². The fraction of sp³-hybridized carbons (Fsp3) is 0.368. The van der Waals surface area contributed by atoms with Gasteiger partial charge in [-0.1, -0.05) is 6.07 Å². The fourth-order valence-electron chi connectivity index (χ4n) is 2.70. The molecule has 1 amide bonds. The molecule has 0 bridgehead atoms.